The number of rotatable bonds is 6. The zero-order valence-corrected chi connectivity index (χ0v) is 10.2. The monoisotopic (exact) mass is 273 g/mol. The number of alkyl halides is 3. The van der Waals surface area contributed by atoms with Crippen LogP contribution in [0.15, 0.2) is 0 Å². The van der Waals surface area contributed by atoms with Gasteiger partial charge in [-0.2, -0.15) is 13.2 Å². The van der Waals surface area contributed by atoms with Gasteiger partial charge in [0, 0.05) is 6.04 Å². The van der Waals surface area contributed by atoms with E-state index in [9.17, 15) is 22.8 Å². The number of carboxylic acids is 1. The molecule has 17 heavy (non-hydrogen) atoms. The first kappa shape index (κ1) is 16.1. The number of aliphatic carboxylic acids is 1. The Balaban J connectivity index is 3.91. The first-order valence-corrected chi connectivity index (χ1v) is 5.95. The average molecular weight is 273 g/mol. The van der Waals surface area contributed by atoms with Gasteiger partial charge in [0.05, 0.1) is 17.4 Å². The standard InChI is InChI=1S/C9H14F3NO3S/c1-5(8(15)16)6(2)13-7(14)3-17-4-9(10,11)12/h5-6H,3-4H2,1-2H3,(H,13,14)(H,15,16). The summed E-state index contributed by atoms with van der Waals surface area (Å²) >= 11 is 0.446. The summed E-state index contributed by atoms with van der Waals surface area (Å²) in [6.07, 6.45) is -4.30. The Bertz CT molecular complexity index is 283. The maximum Gasteiger partial charge on any atom is 0.397 e. The van der Waals surface area contributed by atoms with Gasteiger partial charge in [-0.05, 0) is 13.8 Å². The molecule has 0 aliphatic carbocycles. The molecule has 2 N–H and O–H groups in total. The fourth-order valence-electron chi connectivity index (χ4n) is 0.894. The third-order valence-electron chi connectivity index (χ3n) is 2.03. The van der Waals surface area contributed by atoms with Gasteiger partial charge in [-0.25, -0.2) is 0 Å². The van der Waals surface area contributed by atoms with Crippen molar-refractivity contribution in [3.05, 3.63) is 0 Å². The first-order valence-electron chi connectivity index (χ1n) is 4.80. The largest absolute Gasteiger partial charge is 0.481 e. The summed E-state index contributed by atoms with van der Waals surface area (Å²) in [7, 11) is 0. The average Bonchev–Trinajstić information content (AvgIpc) is 2.13. The van der Waals surface area contributed by atoms with E-state index in [0.717, 1.165) is 0 Å². The van der Waals surface area contributed by atoms with Gasteiger partial charge < -0.3 is 10.4 Å². The minimum absolute atomic E-state index is 0.337. The van der Waals surface area contributed by atoms with Crippen molar-refractivity contribution in [2.75, 3.05) is 11.5 Å². The molecule has 0 saturated heterocycles. The molecule has 0 rings (SSSR count). The predicted molar refractivity (Wildman–Crippen MR) is 57.8 cm³/mol. The minimum atomic E-state index is -4.30. The maximum absolute atomic E-state index is 11.8. The molecule has 0 heterocycles. The van der Waals surface area contributed by atoms with Crippen LogP contribution in [0, 0.1) is 5.92 Å². The van der Waals surface area contributed by atoms with Gasteiger partial charge in [-0.15, -0.1) is 11.8 Å². The van der Waals surface area contributed by atoms with E-state index in [-0.39, 0.29) is 5.75 Å². The van der Waals surface area contributed by atoms with E-state index < -0.39 is 35.8 Å². The Morgan fingerprint density at radius 2 is 1.88 bits per heavy atom. The Morgan fingerprint density at radius 1 is 1.35 bits per heavy atom. The van der Waals surface area contributed by atoms with Gasteiger partial charge in [0.1, 0.15) is 0 Å². The van der Waals surface area contributed by atoms with Crippen molar-refractivity contribution >= 4 is 23.6 Å². The molecular weight excluding hydrogens is 259 g/mol. The van der Waals surface area contributed by atoms with E-state index >= 15 is 0 Å². The minimum Gasteiger partial charge on any atom is -0.481 e. The summed E-state index contributed by atoms with van der Waals surface area (Å²) in [4.78, 5) is 21.7. The highest BCUT2D eigenvalue weighted by Crippen LogP contribution is 2.20. The van der Waals surface area contributed by atoms with E-state index in [2.05, 4.69) is 5.32 Å². The number of hydrogen-bond acceptors (Lipinski definition) is 3. The lowest BCUT2D eigenvalue weighted by molar-refractivity contribution is -0.142. The van der Waals surface area contributed by atoms with Crippen LogP contribution in [0.4, 0.5) is 13.2 Å². The summed E-state index contributed by atoms with van der Waals surface area (Å²) in [6.45, 7) is 2.90. The van der Waals surface area contributed by atoms with Crippen molar-refractivity contribution in [1.82, 2.24) is 5.32 Å². The van der Waals surface area contributed by atoms with Crippen LogP contribution in [0.2, 0.25) is 0 Å². The van der Waals surface area contributed by atoms with Crippen molar-refractivity contribution in [1.29, 1.82) is 0 Å². The van der Waals surface area contributed by atoms with Crippen LogP contribution in [0.3, 0.4) is 0 Å². The predicted octanol–water partition coefficient (Wildman–Crippen LogP) is 1.51. The summed E-state index contributed by atoms with van der Waals surface area (Å²) in [5.74, 6) is -3.88. The van der Waals surface area contributed by atoms with Gasteiger partial charge in [0.15, 0.2) is 0 Å². The molecule has 8 heteroatoms. The molecule has 0 aromatic rings. The first-order chi connectivity index (χ1) is 7.63. The molecule has 2 unspecified atom stereocenters. The molecule has 0 aromatic heterocycles. The molecule has 0 fully saturated rings. The Labute approximate surface area is 101 Å². The summed E-state index contributed by atoms with van der Waals surface area (Å²) < 4.78 is 35.3. The highest BCUT2D eigenvalue weighted by Gasteiger charge is 2.27. The molecule has 0 aliphatic rings. The van der Waals surface area contributed by atoms with E-state index in [1.165, 1.54) is 13.8 Å². The number of carboxylic acid groups (broad SMARTS) is 1. The smallest absolute Gasteiger partial charge is 0.397 e. The lowest BCUT2D eigenvalue weighted by Gasteiger charge is -2.17. The third kappa shape index (κ3) is 7.89. The number of nitrogens with one attached hydrogen (secondary N) is 1. The zero-order chi connectivity index (χ0) is 13.6. The molecule has 100 valence electrons. The summed E-state index contributed by atoms with van der Waals surface area (Å²) in [5.41, 5.74) is 0. The number of carbonyl (C=O) groups is 2. The normalized spacial score (nSPS) is 15.1. The number of amides is 1. The van der Waals surface area contributed by atoms with Gasteiger partial charge in [-0.1, -0.05) is 0 Å². The molecule has 0 radical (unpaired) electrons. The van der Waals surface area contributed by atoms with Gasteiger partial charge in [0.2, 0.25) is 5.91 Å². The van der Waals surface area contributed by atoms with Crippen molar-refractivity contribution in [2.45, 2.75) is 26.1 Å². The third-order valence-corrected chi connectivity index (χ3v) is 3.02. The van der Waals surface area contributed by atoms with Crippen molar-refractivity contribution in [3.8, 4) is 0 Å². The Kier molecular flexibility index (Phi) is 6.36. The molecular formula is C9H14F3NO3S. The van der Waals surface area contributed by atoms with Gasteiger partial charge in [-0.3, -0.25) is 9.59 Å². The van der Waals surface area contributed by atoms with E-state index in [1.54, 1.807) is 0 Å². The fraction of sp³-hybridized carbons (Fsp3) is 0.778. The number of halogens is 3. The second-order valence-corrected chi connectivity index (χ2v) is 4.58. The van der Waals surface area contributed by atoms with Crippen LogP contribution in [-0.4, -0.2) is 40.7 Å². The van der Waals surface area contributed by atoms with Crippen molar-refractivity contribution < 1.29 is 27.9 Å². The lowest BCUT2D eigenvalue weighted by Crippen LogP contribution is -2.41. The van der Waals surface area contributed by atoms with Crippen molar-refractivity contribution in [3.63, 3.8) is 0 Å². The molecule has 1 amide bonds. The van der Waals surface area contributed by atoms with E-state index in [1.807, 2.05) is 0 Å². The second-order valence-electron chi connectivity index (χ2n) is 3.59. The van der Waals surface area contributed by atoms with Crippen LogP contribution in [0.5, 0.6) is 0 Å². The van der Waals surface area contributed by atoms with Gasteiger partial charge >= 0.3 is 12.1 Å². The summed E-state index contributed by atoms with van der Waals surface area (Å²) in [5, 5.41) is 11.0. The number of carbonyl (C=O) groups excluding carboxylic acids is 1. The van der Waals surface area contributed by atoms with E-state index in [4.69, 9.17) is 5.11 Å². The molecule has 0 spiro atoms. The molecule has 2 atom stereocenters. The second kappa shape index (κ2) is 6.73. The lowest BCUT2D eigenvalue weighted by atomic mass is 10.0. The van der Waals surface area contributed by atoms with Crippen LogP contribution in [0.25, 0.3) is 0 Å². The maximum atomic E-state index is 11.8. The SMILES string of the molecule is CC(NC(=O)CSCC(F)(F)F)C(C)C(=O)O. The Hall–Kier alpha value is -0.920. The number of hydrogen-bond donors (Lipinski definition) is 2. The molecule has 0 aromatic carbocycles. The molecule has 0 aliphatic heterocycles. The molecule has 0 bridgehead atoms. The van der Waals surface area contributed by atoms with Gasteiger partial charge in [0.25, 0.3) is 0 Å². The number of thioether (sulfide) groups is 1. The topological polar surface area (TPSA) is 66.4 Å². The highest BCUT2D eigenvalue weighted by atomic mass is 32.2. The van der Waals surface area contributed by atoms with Crippen LogP contribution >= 0.6 is 11.8 Å². The van der Waals surface area contributed by atoms with Crippen molar-refractivity contribution in [2.24, 2.45) is 5.92 Å². The van der Waals surface area contributed by atoms with Crippen LogP contribution in [0.1, 0.15) is 13.8 Å². The highest BCUT2D eigenvalue weighted by molar-refractivity contribution is 8.00. The zero-order valence-electron chi connectivity index (χ0n) is 9.37. The quantitative estimate of drug-likeness (QED) is 0.770. The molecule has 0 saturated carbocycles. The van der Waals surface area contributed by atoms with Crippen LogP contribution in [-0.2, 0) is 9.59 Å². The fourth-order valence-corrected chi connectivity index (χ4v) is 1.50. The Morgan fingerprint density at radius 3 is 2.29 bits per heavy atom. The van der Waals surface area contributed by atoms with Crippen LogP contribution < -0.4 is 5.32 Å². The molecule has 4 nitrogen and oxygen atoms in total. The summed E-state index contributed by atoms with van der Waals surface area (Å²) in [6, 6.07) is -0.619. The van der Waals surface area contributed by atoms with E-state index in [0.29, 0.717) is 11.8 Å².